The number of hydrogen-bond donors (Lipinski definition) is 0. The predicted octanol–water partition coefficient (Wildman–Crippen LogP) is 3.05. The highest BCUT2D eigenvalue weighted by Crippen LogP contribution is 2.47. The number of hydrogen-bond acceptors (Lipinski definition) is 6. The number of benzene rings is 1. The van der Waals surface area contributed by atoms with Crippen molar-refractivity contribution in [2.75, 3.05) is 14.2 Å². The van der Waals surface area contributed by atoms with Crippen LogP contribution in [0.5, 0.6) is 0 Å². The highest BCUT2D eigenvalue weighted by Gasteiger charge is 2.54. The molecule has 146 valence electrons. The zero-order chi connectivity index (χ0) is 20.2. The first-order valence-electron chi connectivity index (χ1n) is 8.57. The standard InChI is InChI=1S/C20H24O6S/c1-5-9-16-14(2)12-20(18(21)25-3,19(22)26-4)13-17(16)27(23,24)15-10-7-6-8-11-15/h5-11,14H,12-13H2,1-4H3/b9-5+. The topological polar surface area (TPSA) is 86.7 Å². The molecule has 0 aliphatic heterocycles. The number of sulfone groups is 1. The van der Waals surface area contributed by atoms with Crippen molar-refractivity contribution < 1.29 is 27.5 Å². The van der Waals surface area contributed by atoms with Crippen molar-refractivity contribution in [2.24, 2.45) is 11.3 Å². The molecule has 1 aliphatic carbocycles. The van der Waals surface area contributed by atoms with Crippen LogP contribution in [0.15, 0.2) is 57.9 Å². The SMILES string of the molecule is C/C=C/C1=C(S(=O)(=O)c2ccccc2)CC(C(=O)OC)(C(=O)OC)CC1C. The van der Waals surface area contributed by atoms with Crippen LogP contribution < -0.4 is 0 Å². The average Bonchev–Trinajstić information content (AvgIpc) is 2.68. The number of methoxy groups -OCH3 is 2. The maximum Gasteiger partial charge on any atom is 0.323 e. The molecule has 7 heteroatoms. The van der Waals surface area contributed by atoms with E-state index in [1.165, 1.54) is 26.4 Å². The van der Waals surface area contributed by atoms with Crippen LogP contribution in [-0.4, -0.2) is 34.6 Å². The van der Waals surface area contributed by atoms with Gasteiger partial charge in [0.05, 0.1) is 24.0 Å². The lowest BCUT2D eigenvalue weighted by atomic mass is 9.70. The number of carbonyl (C=O) groups excluding carboxylic acids is 2. The summed E-state index contributed by atoms with van der Waals surface area (Å²) in [5.74, 6) is -1.94. The zero-order valence-electron chi connectivity index (χ0n) is 15.9. The molecule has 0 spiro atoms. The molecule has 1 aromatic rings. The quantitative estimate of drug-likeness (QED) is 0.565. The average molecular weight is 392 g/mol. The van der Waals surface area contributed by atoms with E-state index >= 15 is 0 Å². The summed E-state index contributed by atoms with van der Waals surface area (Å²) >= 11 is 0. The number of ether oxygens (including phenoxy) is 2. The molecular formula is C20H24O6S. The third-order valence-corrected chi connectivity index (χ3v) is 6.77. The lowest BCUT2D eigenvalue weighted by molar-refractivity contribution is -0.170. The van der Waals surface area contributed by atoms with Crippen LogP contribution in [0.4, 0.5) is 0 Å². The molecular weight excluding hydrogens is 368 g/mol. The van der Waals surface area contributed by atoms with E-state index in [1.807, 2.05) is 0 Å². The fourth-order valence-corrected chi connectivity index (χ4v) is 5.39. The van der Waals surface area contributed by atoms with Crippen LogP contribution in [-0.2, 0) is 28.9 Å². The second kappa shape index (κ2) is 8.08. The van der Waals surface area contributed by atoms with Gasteiger partial charge in [-0.3, -0.25) is 9.59 Å². The van der Waals surface area contributed by atoms with E-state index in [-0.39, 0.29) is 28.6 Å². The Morgan fingerprint density at radius 2 is 1.67 bits per heavy atom. The summed E-state index contributed by atoms with van der Waals surface area (Å²) in [6, 6.07) is 7.96. The molecule has 0 amide bonds. The van der Waals surface area contributed by atoms with Gasteiger partial charge in [-0.25, -0.2) is 8.42 Å². The van der Waals surface area contributed by atoms with E-state index < -0.39 is 27.2 Å². The van der Waals surface area contributed by atoms with Gasteiger partial charge in [-0.1, -0.05) is 37.3 Å². The minimum atomic E-state index is -3.91. The van der Waals surface area contributed by atoms with Gasteiger partial charge in [-0.2, -0.15) is 0 Å². The highest BCUT2D eigenvalue weighted by atomic mass is 32.2. The van der Waals surface area contributed by atoms with Crippen LogP contribution in [0, 0.1) is 11.3 Å². The summed E-state index contributed by atoms with van der Waals surface area (Å²) in [7, 11) is -1.56. The Bertz CT molecular complexity index is 864. The molecule has 0 heterocycles. The van der Waals surface area contributed by atoms with E-state index in [2.05, 4.69) is 0 Å². The first-order valence-corrected chi connectivity index (χ1v) is 10.1. The molecule has 6 nitrogen and oxygen atoms in total. The van der Waals surface area contributed by atoms with Gasteiger partial charge in [0, 0.05) is 6.42 Å². The molecule has 0 N–H and O–H groups in total. The summed E-state index contributed by atoms with van der Waals surface area (Å²) in [5.41, 5.74) is -1.10. The summed E-state index contributed by atoms with van der Waals surface area (Å²) in [6.07, 6.45) is 3.28. The monoisotopic (exact) mass is 392 g/mol. The van der Waals surface area contributed by atoms with Crippen molar-refractivity contribution in [3.05, 3.63) is 53.0 Å². The number of rotatable bonds is 5. The van der Waals surface area contributed by atoms with E-state index in [0.717, 1.165) is 0 Å². The number of carbonyl (C=O) groups is 2. The van der Waals surface area contributed by atoms with Gasteiger partial charge in [0.2, 0.25) is 9.84 Å². The fraction of sp³-hybridized carbons (Fsp3) is 0.400. The van der Waals surface area contributed by atoms with Crippen molar-refractivity contribution in [1.82, 2.24) is 0 Å². The lowest BCUT2D eigenvalue weighted by Gasteiger charge is -2.37. The Hall–Kier alpha value is -2.41. The van der Waals surface area contributed by atoms with Gasteiger partial charge < -0.3 is 9.47 Å². The van der Waals surface area contributed by atoms with Crippen molar-refractivity contribution in [3.63, 3.8) is 0 Å². The molecule has 0 bridgehead atoms. The summed E-state index contributed by atoms with van der Waals surface area (Å²) in [5, 5.41) is 0. The molecule has 1 aromatic carbocycles. The fourth-order valence-electron chi connectivity index (χ4n) is 3.57. The number of esters is 2. The van der Waals surface area contributed by atoms with Crippen LogP contribution in [0.2, 0.25) is 0 Å². The normalized spacial score (nSPS) is 19.8. The van der Waals surface area contributed by atoms with Crippen molar-refractivity contribution in [1.29, 1.82) is 0 Å². The van der Waals surface area contributed by atoms with E-state index in [9.17, 15) is 18.0 Å². The van der Waals surface area contributed by atoms with Crippen LogP contribution in [0.1, 0.15) is 26.7 Å². The van der Waals surface area contributed by atoms with Crippen molar-refractivity contribution >= 4 is 21.8 Å². The Morgan fingerprint density at radius 1 is 1.11 bits per heavy atom. The lowest BCUT2D eigenvalue weighted by Crippen LogP contribution is -2.46. The van der Waals surface area contributed by atoms with E-state index in [4.69, 9.17) is 9.47 Å². The second-order valence-corrected chi connectivity index (χ2v) is 8.51. The second-order valence-electron chi connectivity index (χ2n) is 6.54. The van der Waals surface area contributed by atoms with Gasteiger partial charge in [-0.05, 0) is 37.0 Å². The number of allylic oxidation sites excluding steroid dienone is 4. The van der Waals surface area contributed by atoms with Crippen LogP contribution >= 0.6 is 0 Å². The summed E-state index contributed by atoms with van der Waals surface area (Å²) < 4.78 is 36.4. The molecule has 0 saturated heterocycles. The van der Waals surface area contributed by atoms with E-state index in [1.54, 1.807) is 44.2 Å². The van der Waals surface area contributed by atoms with Gasteiger partial charge in [0.25, 0.3) is 0 Å². The summed E-state index contributed by atoms with van der Waals surface area (Å²) in [6.45, 7) is 3.57. The third-order valence-electron chi connectivity index (χ3n) is 4.85. The van der Waals surface area contributed by atoms with Gasteiger partial charge in [0.1, 0.15) is 0 Å². The first kappa shape index (κ1) is 20.9. The molecule has 2 rings (SSSR count). The Balaban J connectivity index is 2.75. The minimum absolute atomic E-state index is 0.0429. The molecule has 0 saturated carbocycles. The first-order chi connectivity index (χ1) is 12.7. The Morgan fingerprint density at radius 3 is 2.15 bits per heavy atom. The van der Waals surface area contributed by atoms with E-state index in [0.29, 0.717) is 5.57 Å². The Labute approximate surface area is 159 Å². The maximum absolute atomic E-state index is 13.3. The molecule has 1 atom stereocenters. The maximum atomic E-state index is 13.3. The Kier molecular flexibility index (Phi) is 6.26. The van der Waals surface area contributed by atoms with Crippen molar-refractivity contribution in [3.8, 4) is 0 Å². The van der Waals surface area contributed by atoms with Gasteiger partial charge in [-0.15, -0.1) is 0 Å². The molecule has 0 aromatic heterocycles. The molecule has 27 heavy (non-hydrogen) atoms. The zero-order valence-corrected chi connectivity index (χ0v) is 16.7. The van der Waals surface area contributed by atoms with Gasteiger partial charge in [0.15, 0.2) is 5.41 Å². The smallest absolute Gasteiger partial charge is 0.323 e. The summed E-state index contributed by atoms with van der Waals surface area (Å²) in [4.78, 5) is 25.3. The van der Waals surface area contributed by atoms with Crippen molar-refractivity contribution in [2.45, 2.75) is 31.6 Å². The molecule has 1 aliphatic rings. The van der Waals surface area contributed by atoms with Crippen LogP contribution in [0.25, 0.3) is 0 Å². The van der Waals surface area contributed by atoms with Crippen LogP contribution in [0.3, 0.4) is 0 Å². The van der Waals surface area contributed by atoms with Gasteiger partial charge >= 0.3 is 11.9 Å². The molecule has 0 radical (unpaired) electrons. The molecule has 0 fully saturated rings. The predicted molar refractivity (Wildman–Crippen MR) is 100 cm³/mol. The third kappa shape index (κ3) is 3.69. The highest BCUT2D eigenvalue weighted by molar-refractivity contribution is 7.95. The minimum Gasteiger partial charge on any atom is -0.468 e. The largest absolute Gasteiger partial charge is 0.468 e. The molecule has 1 unspecified atom stereocenters.